The van der Waals surface area contributed by atoms with Crippen LogP contribution in [0.4, 0.5) is 0 Å². The van der Waals surface area contributed by atoms with Gasteiger partial charge in [0, 0.05) is 7.05 Å². The molecule has 1 aliphatic rings. The van der Waals surface area contributed by atoms with E-state index in [0.29, 0.717) is 13.1 Å². The highest BCUT2D eigenvalue weighted by Gasteiger charge is 2.17. The predicted octanol–water partition coefficient (Wildman–Crippen LogP) is -0.789. The second-order valence-corrected chi connectivity index (χ2v) is 2.76. The van der Waals surface area contributed by atoms with Gasteiger partial charge < -0.3 is 0 Å². The Kier molecular flexibility index (Phi) is 1.67. The summed E-state index contributed by atoms with van der Waals surface area (Å²) in [5.41, 5.74) is 7.40. The molecular formula is C7H10N4O. The van der Waals surface area contributed by atoms with Crippen LogP contribution < -0.4 is 10.9 Å². The summed E-state index contributed by atoms with van der Waals surface area (Å²) in [6.45, 7) is 0.969. The molecule has 64 valence electrons. The summed E-state index contributed by atoms with van der Waals surface area (Å²) in [5, 5.41) is 4.02. The quantitative estimate of drug-likeness (QED) is 0.530. The maximum Gasteiger partial charge on any atom is 0.181 e. The molecule has 0 amide bonds. The number of Topliss-reactive ketones (excluding diaryl/α,β-unsaturated/α-hetero) is 1. The fourth-order valence-corrected chi connectivity index (χ4v) is 1.29. The zero-order chi connectivity index (χ0) is 8.55. The topological polar surface area (TPSA) is 59.0 Å². The van der Waals surface area contributed by atoms with Crippen LogP contribution in [0.2, 0.25) is 0 Å². The first-order valence-corrected chi connectivity index (χ1v) is 3.79. The van der Waals surface area contributed by atoms with Gasteiger partial charge in [0.1, 0.15) is 0 Å². The van der Waals surface area contributed by atoms with Crippen molar-refractivity contribution in [3.8, 4) is 0 Å². The van der Waals surface area contributed by atoms with Gasteiger partial charge in [-0.3, -0.25) is 14.9 Å². The maximum atomic E-state index is 11.4. The van der Waals surface area contributed by atoms with Crippen LogP contribution in [0.3, 0.4) is 0 Å². The van der Waals surface area contributed by atoms with E-state index < -0.39 is 0 Å². The van der Waals surface area contributed by atoms with E-state index in [1.165, 1.54) is 0 Å². The lowest BCUT2D eigenvalue weighted by atomic mass is 10.2. The third-order valence-electron chi connectivity index (χ3n) is 1.99. The van der Waals surface area contributed by atoms with Gasteiger partial charge in [-0.15, -0.1) is 0 Å². The molecule has 1 aromatic heterocycles. The molecule has 12 heavy (non-hydrogen) atoms. The molecular weight excluding hydrogens is 156 g/mol. The van der Waals surface area contributed by atoms with Crippen molar-refractivity contribution >= 4 is 5.78 Å². The van der Waals surface area contributed by atoms with Crippen molar-refractivity contribution in [2.75, 3.05) is 6.54 Å². The molecule has 0 aromatic carbocycles. The van der Waals surface area contributed by atoms with Crippen molar-refractivity contribution in [3.05, 3.63) is 17.5 Å². The van der Waals surface area contributed by atoms with Gasteiger partial charge in [-0.1, -0.05) is 0 Å². The molecule has 0 atom stereocenters. The molecule has 1 aliphatic heterocycles. The van der Waals surface area contributed by atoms with E-state index in [9.17, 15) is 4.79 Å². The average Bonchev–Trinajstić information content (AvgIpc) is 2.30. The molecule has 2 heterocycles. The molecule has 5 nitrogen and oxygen atoms in total. The molecule has 0 spiro atoms. The predicted molar refractivity (Wildman–Crippen MR) is 42.4 cm³/mol. The number of aromatic nitrogens is 2. The lowest BCUT2D eigenvalue weighted by Gasteiger charge is -2.00. The molecule has 2 rings (SSSR count). The Morgan fingerprint density at radius 1 is 1.50 bits per heavy atom. The lowest BCUT2D eigenvalue weighted by molar-refractivity contribution is 0.0990. The molecule has 0 aliphatic carbocycles. The van der Waals surface area contributed by atoms with Gasteiger partial charge in [-0.05, 0) is 0 Å². The number of nitrogens with zero attached hydrogens (tertiary/aromatic N) is 2. The smallest absolute Gasteiger partial charge is 0.181 e. The van der Waals surface area contributed by atoms with E-state index in [2.05, 4.69) is 16.0 Å². The van der Waals surface area contributed by atoms with Crippen LogP contribution >= 0.6 is 0 Å². The summed E-state index contributed by atoms with van der Waals surface area (Å²) in [4.78, 5) is 11.4. The number of hydrogen-bond acceptors (Lipinski definition) is 4. The largest absolute Gasteiger partial charge is 0.293 e. The highest BCUT2D eigenvalue weighted by Crippen LogP contribution is 2.08. The minimum atomic E-state index is 0.0862. The number of rotatable bonds is 0. The van der Waals surface area contributed by atoms with Gasteiger partial charge in [0.15, 0.2) is 5.78 Å². The highest BCUT2D eigenvalue weighted by atomic mass is 16.1. The lowest BCUT2D eigenvalue weighted by Crippen LogP contribution is -2.32. The van der Waals surface area contributed by atoms with Gasteiger partial charge in [-0.2, -0.15) is 5.10 Å². The second kappa shape index (κ2) is 2.69. The summed E-state index contributed by atoms with van der Waals surface area (Å²) in [6, 6.07) is 0. The normalized spacial score (nSPS) is 17.2. The number of carbonyl (C=O) groups excluding carboxylic acids is 1. The molecule has 0 fully saturated rings. The van der Waals surface area contributed by atoms with E-state index in [-0.39, 0.29) is 5.78 Å². The van der Waals surface area contributed by atoms with E-state index >= 15 is 0 Å². The van der Waals surface area contributed by atoms with Crippen molar-refractivity contribution in [3.63, 3.8) is 0 Å². The van der Waals surface area contributed by atoms with Crippen LogP contribution in [0, 0.1) is 0 Å². The van der Waals surface area contributed by atoms with Crippen molar-refractivity contribution in [1.82, 2.24) is 20.6 Å². The number of carbonyl (C=O) groups is 1. The zero-order valence-corrected chi connectivity index (χ0v) is 6.79. The Morgan fingerprint density at radius 3 is 3.08 bits per heavy atom. The van der Waals surface area contributed by atoms with Crippen LogP contribution in [0.1, 0.15) is 16.1 Å². The Balaban J connectivity index is 2.47. The summed E-state index contributed by atoms with van der Waals surface area (Å²) in [5.74, 6) is 0.0862. The number of nitrogens with one attached hydrogen (secondary N) is 2. The van der Waals surface area contributed by atoms with Crippen LogP contribution in [0.5, 0.6) is 0 Å². The highest BCUT2D eigenvalue weighted by molar-refractivity contribution is 5.98. The number of hydrazine groups is 1. The average molecular weight is 166 g/mol. The number of hydrogen-bond donors (Lipinski definition) is 2. The van der Waals surface area contributed by atoms with Gasteiger partial charge in [0.05, 0.1) is 30.5 Å². The van der Waals surface area contributed by atoms with Crippen LogP contribution in [-0.4, -0.2) is 22.1 Å². The molecule has 1 aromatic rings. The SMILES string of the molecule is Cn1ncc2c1CNNCC2=O. The van der Waals surface area contributed by atoms with Gasteiger partial charge >= 0.3 is 0 Å². The first-order valence-electron chi connectivity index (χ1n) is 3.79. The van der Waals surface area contributed by atoms with Crippen LogP contribution in [0.15, 0.2) is 6.20 Å². The first-order chi connectivity index (χ1) is 5.79. The van der Waals surface area contributed by atoms with Crippen LogP contribution in [0.25, 0.3) is 0 Å². The monoisotopic (exact) mass is 166 g/mol. The first kappa shape index (κ1) is 7.45. The van der Waals surface area contributed by atoms with Crippen molar-refractivity contribution < 1.29 is 4.79 Å². The Hall–Kier alpha value is -1.20. The van der Waals surface area contributed by atoms with E-state index in [1.54, 1.807) is 10.9 Å². The van der Waals surface area contributed by atoms with Crippen molar-refractivity contribution in [1.29, 1.82) is 0 Å². The number of aryl methyl sites for hydroxylation is 1. The van der Waals surface area contributed by atoms with E-state index in [1.807, 2.05) is 7.05 Å². The molecule has 2 N–H and O–H groups in total. The van der Waals surface area contributed by atoms with Crippen molar-refractivity contribution in [2.24, 2.45) is 7.05 Å². The summed E-state index contributed by atoms with van der Waals surface area (Å²) < 4.78 is 1.72. The zero-order valence-electron chi connectivity index (χ0n) is 6.79. The third-order valence-corrected chi connectivity index (χ3v) is 1.99. The summed E-state index contributed by atoms with van der Waals surface area (Å²) in [7, 11) is 1.83. The van der Waals surface area contributed by atoms with E-state index in [4.69, 9.17) is 0 Å². The third kappa shape index (κ3) is 1.03. The summed E-state index contributed by atoms with van der Waals surface area (Å²) >= 11 is 0. The molecule has 0 unspecified atom stereocenters. The van der Waals surface area contributed by atoms with Gasteiger partial charge in [0.25, 0.3) is 0 Å². The minimum absolute atomic E-state index is 0.0862. The molecule has 0 saturated carbocycles. The fraction of sp³-hybridized carbons (Fsp3) is 0.429. The summed E-state index contributed by atoms with van der Waals surface area (Å²) in [6.07, 6.45) is 1.62. The minimum Gasteiger partial charge on any atom is -0.293 e. The second-order valence-electron chi connectivity index (χ2n) is 2.76. The molecule has 0 bridgehead atoms. The Morgan fingerprint density at radius 2 is 2.25 bits per heavy atom. The van der Waals surface area contributed by atoms with Gasteiger partial charge in [0.2, 0.25) is 0 Å². The Bertz CT molecular complexity index is 317. The van der Waals surface area contributed by atoms with E-state index in [0.717, 1.165) is 11.3 Å². The standard InChI is InChI=1S/C7H10N4O/c1-11-6-3-8-9-4-7(12)5(6)2-10-11/h2,8-9H,3-4H2,1H3. The maximum absolute atomic E-state index is 11.4. The van der Waals surface area contributed by atoms with Gasteiger partial charge in [-0.25, -0.2) is 5.43 Å². The number of ketones is 1. The molecule has 0 radical (unpaired) electrons. The molecule has 0 saturated heterocycles. The van der Waals surface area contributed by atoms with Crippen molar-refractivity contribution in [2.45, 2.75) is 6.54 Å². The van der Waals surface area contributed by atoms with Crippen LogP contribution in [-0.2, 0) is 13.6 Å². The fourth-order valence-electron chi connectivity index (χ4n) is 1.29. The number of fused-ring (bicyclic) bond motifs is 1. The molecule has 5 heteroatoms. The Labute approximate surface area is 69.7 Å².